The fraction of sp³-hybridized carbons (Fsp3) is 0.381. The molecule has 0 unspecified atom stereocenters. The predicted molar refractivity (Wildman–Crippen MR) is 106 cm³/mol. The summed E-state index contributed by atoms with van der Waals surface area (Å²) in [6.07, 6.45) is 0. The zero-order valence-corrected chi connectivity index (χ0v) is 15.9. The predicted octanol–water partition coefficient (Wildman–Crippen LogP) is 2.47. The molecule has 2 aromatic carbocycles. The zero-order chi connectivity index (χ0) is 17.6. The fourth-order valence-electron chi connectivity index (χ4n) is 3.11. The van der Waals surface area contributed by atoms with Crippen molar-refractivity contribution in [3.8, 4) is 5.75 Å². The van der Waals surface area contributed by atoms with E-state index in [4.69, 9.17) is 17.0 Å². The van der Waals surface area contributed by atoms with E-state index in [0.717, 1.165) is 29.4 Å². The van der Waals surface area contributed by atoms with Crippen LogP contribution in [0, 0.1) is 6.92 Å². The molecule has 132 valence electrons. The molecule has 1 N–H and O–H groups in total. The molecule has 3 rings (SSSR count). The molecule has 3 nitrogen and oxygen atoms in total. The standard InChI is InChI=1S/C21H26N2OS/c1-3-22-12-14-23(15-13-22)21(25)19-8-10-20(11-9-19)24-16-18-6-4-17(2)5-7-18/h4-11H,3,12-16H2,1-2H3/p+1. The number of nitrogens with one attached hydrogen (secondary N) is 1. The maximum atomic E-state index is 5.88. The summed E-state index contributed by atoms with van der Waals surface area (Å²) in [5.41, 5.74) is 3.56. The highest BCUT2D eigenvalue weighted by atomic mass is 32.1. The third-order valence-corrected chi connectivity index (χ3v) is 5.38. The van der Waals surface area contributed by atoms with Gasteiger partial charge in [0, 0.05) is 5.56 Å². The van der Waals surface area contributed by atoms with Crippen molar-refractivity contribution in [3.05, 3.63) is 65.2 Å². The van der Waals surface area contributed by atoms with E-state index in [-0.39, 0.29) is 0 Å². The lowest BCUT2D eigenvalue weighted by Crippen LogP contribution is -3.14. The Morgan fingerprint density at radius 2 is 1.68 bits per heavy atom. The van der Waals surface area contributed by atoms with Crippen molar-refractivity contribution in [2.45, 2.75) is 20.5 Å². The minimum Gasteiger partial charge on any atom is -0.489 e. The van der Waals surface area contributed by atoms with Crippen LogP contribution >= 0.6 is 12.2 Å². The molecule has 0 amide bonds. The molecule has 4 heteroatoms. The molecule has 1 aliphatic rings. The van der Waals surface area contributed by atoms with Crippen molar-refractivity contribution in [1.82, 2.24) is 4.90 Å². The van der Waals surface area contributed by atoms with Gasteiger partial charge in [-0.1, -0.05) is 42.0 Å². The second-order valence-corrected chi connectivity index (χ2v) is 7.08. The molecular weight excluding hydrogens is 328 g/mol. The first kappa shape index (κ1) is 17.9. The van der Waals surface area contributed by atoms with Gasteiger partial charge in [-0.15, -0.1) is 0 Å². The Kier molecular flexibility index (Phi) is 6.05. The van der Waals surface area contributed by atoms with Gasteiger partial charge in [0.05, 0.1) is 32.7 Å². The second-order valence-electron chi connectivity index (χ2n) is 6.69. The molecule has 0 aromatic heterocycles. The number of benzene rings is 2. The van der Waals surface area contributed by atoms with Crippen LogP contribution in [0.15, 0.2) is 48.5 Å². The molecule has 0 saturated carbocycles. The molecule has 1 heterocycles. The van der Waals surface area contributed by atoms with Crippen LogP contribution in [0.1, 0.15) is 23.6 Å². The van der Waals surface area contributed by atoms with Gasteiger partial charge in [0.15, 0.2) is 0 Å². The summed E-state index contributed by atoms with van der Waals surface area (Å²) in [7, 11) is 0. The number of piperazine rings is 1. The molecule has 0 bridgehead atoms. The molecule has 1 saturated heterocycles. The molecule has 1 aliphatic heterocycles. The zero-order valence-electron chi connectivity index (χ0n) is 15.1. The summed E-state index contributed by atoms with van der Waals surface area (Å²) in [4.78, 5) is 4.95. The summed E-state index contributed by atoms with van der Waals surface area (Å²) in [6.45, 7) is 10.6. The maximum absolute atomic E-state index is 5.88. The summed E-state index contributed by atoms with van der Waals surface area (Å²) in [5, 5.41) is 0. The first-order valence-electron chi connectivity index (χ1n) is 9.07. The smallest absolute Gasteiger partial charge is 0.119 e. The van der Waals surface area contributed by atoms with E-state index in [2.05, 4.69) is 55.1 Å². The van der Waals surface area contributed by atoms with E-state index in [9.17, 15) is 0 Å². The highest BCUT2D eigenvalue weighted by Crippen LogP contribution is 2.16. The van der Waals surface area contributed by atoms with E-state index >= 15 is 0 Å². The van der Waals surface area contributed by atoms with Crippen LogP contribution in [-0.2, 0) is 6.61 Å². The molecule has 0 atom stereocenters. The Hall–Kier alpha value is -1.91. The minimum atomic E-state index is 0.589. The van der Waals surface area contributed by atoms with E-state index in [1.165, 1.54) is 30.8 Å². The monoisotopic (exact) mass is 355 g/mol. The van der Waals surface area contributed by atoms with Gasteiger partial charge in [0.1, 0.15) is 17.3 Å². The number of thiocarbonyl (C=S) groups is 1. The molecule has 25 heavy (non-hydrogen) atoms. The third-order valence-electron chi connectivity index (χ3n) is 4.89. The first-order chi connectivity index (χ1) is 12.2. The molecule has 0 radical (unpaired) electrons. The fourth-order valence-corrected chi connectivity index (χ4v) is 3.43. The molecule has 1 fully saturated rings. The first-order valence-corrected chi connectivity index (χ1v) is 9.48. The Balaban J connectivity index is 1.54. The Morgan fingerprint density at radius 1 is 1.04 bits per heavy atom. The molecule has 0 aliphatic carbocycles. The topological polar surface area (TPSA) is 16.9 Å². The van der Waals surface area contributed by atoms with E-state index in [0.29, 0.717) is 6.61 Å². The van der Waals surface area contributed by atoms with Gasteiger partial charge in [0.25, 0.3) is 0 Å². The number of quaternary nitrogens is 1. The van der Waals surface area contributed by atoms with E-state index in [1.807, 2.05) is 12.1 Å². The number of likely N-dealkylation sites (N-methyl/N-ethyl adjacent to an activating group) is 1. The van der Waals surface area contributed by atoms with Crippen LogP contribution in [-0.4, -0.2) is 42.6 Å². The number of nitrogens with zero attached hydrogens (tertiary/aromatic N) is 1. The number of rotatable bonds is 5. The average molecular weight is 356 g/mol. The summed E-state index contributed by atoms with van der Waals surface area (Å²) >= 11 is 5.69. The number of ether oxygens (including phenoxy) is 1. The quantitative estimate of drug-likeness (QED) is 0.831. The number of aryl methyl sites for hydroxylation is 1. The van der Waals surface area contributed by atoms with Crippen molar-refractivity contribution < 1.29 is 9.64 Å². The van der Waals surface area contributed by atoms with Gasteiger partial charge in [0.2, 0.25) is 0 Å². The summed E-state index contributed by atoms with van der Waals surface area (Å²) in [5.74, 6) is 0.882. The highest BCUT2D eigenvalue weighted by molar-refractivity contribution is 7.80. The van der Waals surface area contributed by atoms with Crippen molar-refractivity contribution >= 4 is 17.2 Å². The number of hydrogen-bond donors (Lipinski definition) is 1. The lowest BCUT2D eigenvalue weighted by molar-refractivity contribution is -0.902. The third kappa shape index (κ3) is 4.80. The van der Waals surface area contributed by atoms with Gasteiger partial charge < -0.3 is 14.5 Å². The van der Waals surface area contributed by atoms with Crippen LogP contribution in [0.5, 0.6) is 5.75 Å². The van der Waals surface area contributed by atoms with E-state index < -0.39 is 0 Å². The van der Waals surface area contributed by atoms with Crippen LogP contribution in [0.25, 0.3) is 0 Å². The van der Waals surface area contributed by atoms with Gasteiger partial charge in [-0.25, -0.2) is 0 Å². The number of hydrogen-bond acceptors (Lipinski definition) is 2. The van der Waals surface area contributed by atoms with Gasteiger partial charge >= 0.3 is 0 Å². The van der Waals surface area contributed by atoms with Crippen LogP contribution in [0.2, 0.25) is 0 Å². The van der Waals surface area contributed by atoms with Crippen LogP contribution < -0.4 is 9.64 Å². The van der Waals surface area contributed by atoms with Crippen molar-refractivity contribution in [2.24, 2.45) is 0 Å². The highest BCUT2D eigenvalue weighted by Gasteiger charge is 2.21. The average Bonchev–Trinajstić information content (AvgIpc) is 2.67. The van der Waals surface area contributed by atoms with Gasteiger partial charge in [-0.2, -0.15) is 0 Å². The molecule has 2 aromatic rings. The maximum Gasteiger partial charge on any atom is 0.119 e. The normalized spacial score (nSPS) is 15.2. The summed E-state index contributed by atoms with van der Waals surface area (Å²) in [6, 6.07) is 16.6. The van der Waals surface area contributed by atoms with Crippen molar-refractivity contribution in [3.63, 3.8) is 0 Å². The van der Waals surface area contributed by atoms with Crippen LogP contribution in [0.3, 0.4) is 0 Å². The minimum absolute atomic E-state index is 0.589. The molecular formula is C21H27N2OS+. The lowest BCUT2D eigenvalue weighted by Gasteiger charge is -2.33. The van der Waals surface area contributed by atoms with Crippen LogP contribution in [0.4, 0.5) is 0 Å². The Morgan fingerprint density at radius 3 is 2.28 bits per heavy atom. The lowest BCUT2D eigenvalue weighted by atomic mass is 10.1. The SMILES string of the molecule is CC[NH+]1CCN(C(=S)c2ccc(OCc3ccc(C)cc3)cc2)CC1. The van der Waals surface area contributed by atoms with E-state index in [1.54, 1.807) is 4.90 Å². The Bertz CT molecular complexity index is 689. The molecule has 0 spiro atoms. The van der Waals surface area contributed by atoms with Gasteiger partial charge in [-0.05, 0) is 43.7 Å². The second kappa shape index (κ2) is 8.45. The largest absolute Gasteiger partial charge is 0.489 e. The summed E-state index contributed by atoms with van der Waals surface area (Å²) < 4.78 is 5.88. The Labute approximate surface area is 156 Å². The van der Waals surface area contributed by atoms with Gasteiger partial charge in [-0.3, -0.25) is 0 Å². The van der Waals surface area contributed by atoms with Crippen molar-refractivity contribution in [1.29, 1.82) is 0 Å². The van der Waals surface area contributed by atoms with Crippen molar-refractivity contribution in [2.75, 3.05) is 32.7 Å².